The summed E-state index contributed by atoms with van der Waals surface area (Å²) in [5.74, 6) is 0. The Morgan fingerprint density at radius 1 is 0.390 bits per heavy atom. The number of nitrogens with zero attached hydrogens (tertiary/aromatic N) is 1. The standard InChI is InChI=1S/C38H23NO2/c1-2-8-28(9-3-1)39-33-12-6-4-11-31(33)38-37(39)32-22-26(19-21-35(32)41-38)24-14-16-25(17-15-24)27-18-20-30-29-10-5-7-13-34(29)40-36(30)23-27/h1-23H. The third kappa shape index (κ3) is 3.33. The molecule has 0 aliphatic heterocycles. The van der Waals surface area contributed by atoms with Gasteiger partial charge in [-0.3, -0.25) is 0 Å². The molecule has 6 aromatic carbocycles. The van der Waals surface area contributed by atoms with Crippen LogP contribution in [0, 0.1) is 0 Å². The first-order valence-corrected chi connectivity index (χ1v) is 13.9. The lowest BCUT2D eigenvalue weighted by Crippen LogP contribution is -1.92. The molecular weight excluding hydrogens is 502 g/mol. The maximum absolute atomic E-state index is 6.46. The molecule has 0 aliphatic rings. The van der Waals surface area contributed by atoms with Gasteiger partial charge in [-0.25, -0.2) is 0 Å². The predicted molar refractivity (Wildman–Crippen MR) is 169 cm³/mol. The monoisotopic (exact) mass is 525 g/mol. The van der Waals surface area contributed by atoms with Crippen molar-refractivity contribution < 1.29 is 8.83 Å². The van der Waals surface area contributed by atoms with Crippen molar-refractivity contribution in [2.75, 3.05) is 0 Å². The van der Waals surface area contributed by atoms with Crippen molar-refractivity contribution >= 4 is 54.9 Å². The van der Waals surface area contributed by atoms with Crippen LogP contribution < -0.4 is 0 Å². The quantitative estimate of drug-likeness (QED) is 0.230. The largest absolute Gasteiger partial charge is 0.456 e. The van der Waals surface area contributed by atoms with Gasteiger partial charge < -0.3 is 13.4 Å². The molecule has 0 N–H and O–H groups in total. The van der Waals surface area contributed by atoms with Gasteiger partial charge in [0, 0.05) is 27.2 Å². The first kappa shape index (κ1) is 22.3. The van der Waals surface area contributed by atoms with Crippen LogP contribution in [0.4, 0.5) is 0 Å². The number of aromatic nitrogens is 1. The van der Waals surface area contributed by atoms with E-state index in [0.29, 0.717) is 0 Å². The maximum Gasteiger partial charge on any atom is 0.161 e. The minimum Gasteiger partial charge on any atom is -0.456 e. The Hall–Kier alpha value is -5.54. The molecule has 0 atom stereocenters. The van der Waals surface area contributed by atoms with Gasteiger partial charge in [-0.05, 0) is 76.9 Å². The predicted octanol–water partition coefficient (Wildman–Crippen LogP) is 10.8. The number of hydrogen-bond acceptors (Lipinski definition) is 2. The summed E-state index contributed by atoms with van der Waals surface area (Å²) in [6.07, 6.45) is 0. The van der Waals surface area contributed by atoms with Crippen LogP contribution in [0.2, 0.25) is 0 Å². The van der Waals surface area contributed by atoms with Crippen LogP contribution >= 0.6 is 0 Å². The van der Waals surface area contributed by atoms with E-state index in [9.17, 15) is 0 Å². The van der Waals surface area contributed by atoms with Gasteiger partial charge in [0.05, 0.1) is 5.52 Å². The average Bonchev–Trinajstić information content (AvgIpc) is 3.69. The van der Waals surface area contributed by atoms with E-state index >= 15 is 0 Å². The van der Waals surface area contributed by atoms with Gasteiger partial charge >= 0.3 is 0 Å². The molecule has 0 radical (unpaired) electrons. The van der Waals surface area contributed by atoms with Crippen LogP contribution in [0.5, 0.6) is 0 Å². The molecule has 3 nitrogen and oxygen atoms in total. The number of hydrogen-bond donors (Lipinski definition) is 0. The molecule has 192 valence electrons. The Morgan fingerprint density at radius 2 is 1.00 bits per heavy atom. The molecule has 9 aromatic rings. The number of para-hydroxylation sites is 3. The van der Waals surface area contributed by atoms with E-state index in [2.05, 4.69) is 132 Å². The minimum absolute atomic E-state index is 0.893. The molecule has 0 saturated carbocycles. The highest BCUT2D eigenvalue weighted by atomic mass is 16.3. The van der Waals surface area contributed by atoms with Gasteiger partial charge in [0.25, 0.3) is 0 Å². The summed E-state index contributed by atoms with van der Waals surface area (Å²) < 4.78 is 14.9. The molecule has 3 heteroatoms. The van der Waals surface area contributed by atoms with Crippen LogP contribution in [-0.2, 0) is 0 Å². The molecular formula is C38H23NO2. The fraction of sp³-hybridized carbons (Fsp3) is 0. The first-order chi connectivity index (χ1) is 20.3. The van der Waals surface area contributed by atoms with E-state index in [1.807, 2.05) is 12.1 Å². The maximum atomic E-state index is 6.46. The van der Waals surface area contributed by atoms with Gasteiger partial charge in [0.2, 0.25) is 0 Å². The molecule has 0 saturated heterocycles. The highest BCUT2D eigenvalue weighted by molar-refractivity contribution is 6.17. The molecule has 9 rings (SSSR count). The smallest absolute Gasteiger partial charge is 0.161 e. The van der Waals surface area contributed by atoms with Crippen molar-refractivity contribution in [2.24, 2.45) is 0 Å². The summed E-state index contributed by atoms with van der Waals surface area (Å²) in [7, 11) is 0. The summed E-state index contributed by atoms with van der Waals surface area (Å²) in [5, 5.41) is 4.53. The van der Waals surface area contributed by atoms with Crippen LogP contribution in [0.1, 0.15) is 0 Å². The molecule has 3 heterocycles. The molecule has 41 heavy (non-hydrogen) atoms. The zero-order valence-corrected chi connectivity index (χ0v) is 22.0. The van der Waals surface area contributed by atoms with Crippen molar-refractivity contribution in [3.05, 3.63) is 140 Å². The molecule has 3 aromatic heterocycles. The van der Waals surface area contributed by atoms with Crippen molar-refractivity contribution in [1.82, 2.24) is 4.57 Å². The second kappa shape index (κ2) is 8.48. The summed E-state index contributed by atoms with van der Waals surface area (Å²) in [4.78, 5) is 0. The summed E-state index contributed by atoms with van der Waals surface area (Å²) >= 11 is 0. The zero-order valence-electron chi connectivity index (χ0n) is 22.0. The Kier molecular flexibility index (Phi) is 4.61. The van der Waals surface area contributed by atoms with Gasteiger partial charge in [0.1, 0.15) is 22.3 Å². The van der Waals surface area contributed by atoms with Crippen molar-refractivity contribution in [3.63, 3.8) is 0 Å². The fourth-order valence-corrected chi connectivity index (χ4v) is 6.26. The van der Waals surface area contributed by atoms with Gasteiger partial charge in [0.15, 0.2) is 5.58 Å². The topological polar surface area (TPSA) is 31.2 Å². The number of furan rings is 2. The second-order valence-electron chi connectivity index (χ2n) is 10.6. The van der Waals surface area contributed by atoms with E-state index in [4.69, 9.17) is 8.83 Å². The number of benzene rings is 6. The minimum atomic E-state index is 0.893. The van der Waals surface area contributed by atoms with E-state index < -0.39 is 0 Å². The van der Waals surface area contributed by atoms with Crippen LogP contribution in [0.3, 0.4) is 0 Å². The SMILES string of the molecule is c1ccc(-n2c3ccccc3c3oc4ccc(-c5ccc(-c6ccc7c(c6)oc6ccccc67)cc5)cc4c32)cc1. The third-order valence-corrected chi connectivity index (χ3v) is 8.22. The molecule has 0 fully saturated rings. The Morgan fingerprint density at radius 3 is 1.83 bits per heavy atom. The van der Waals surface area contributed by atoms with Crippen molar-refractivity contribution in [3.8, 4) is 27.9 Å². The summed E-state index contributed by atoms with van der Waals surface area (Å²) in [5.41, 5.74) is 11.6. The van der Waals surface area contributed by atoms with E-state index in [-0.39, 0.29) is 0 Å². The Balaban J connectivity index is 1.16. The number of rotatable bonds is 3. The van der Waals surface area contributed by atoms with Gasteiger partial charge in [-0.1, -0.05) is 84.9 Å². The van der Waals surface area contributed by atoms with Gasteiger partial charge in [-0.15, -0.1) is 0 Å². The molecule has 0 amide bonds. The first-order valence-electron chi connectivity index (χ1n) is 13.9. The summed E-state index contributed by atoms with van der Waals surface area (Å²) in [6.45, 7) is 0. The fourth-order valence-electron chi connectivity index (χ4n) is 6.26. The lowest BCUT2D eigenvalue weighted by Gasteiger charge is -2.08. The lowest BCUT2D eigenvalue weighted by atomic mass is 9.99. The zero-order chi connectivity index (χ0) is 26.9. The molecule has 0 aliphatic carbocycles. The molecule has 0 bridgehead atoms. The highest BCUT2D eigenvalue weighted by Crippen LogP contribution is 2.40. The van der Waals surface area contributed by atoms with E-state index in [1.54, 1.807) is 0 Å². The van der Waals surface area contributed by atoms with Crippen LogP contribution in [-0.4, -0.2) is 4.57 Å². The van der Waals surface area contributed by atoms with Crippen molar-refractivity contribution in [2.45, 2.75) is 0 Å². The van der Waals surface area contributed by atoms with Crippen molar-refractivity contribution in [1.29, 1.82) is 0 Å². The number of fused-ring (bicyclic) bond motifs is 8. The summed E-state index contributed by atoms with van der Waals surface area (Å²) in [6, 6.07) is 48.9. The normalized spacial score (nSPS) is 11.9. The lowest BCUT2D eigenvalue weighted by molar-refractivity contribution is 0.669. The average molecular weight is 526 g/mol. The third-order valence-electron chi connectivity index (χ3n) is 8.22. The van der Waals surface area contributed by atoms with Crippen LogP contribution in [0.15, 0.2) is 148 Å². The molecule has 0 unspecified atom stereocenters. The second-order valence-corrected chi connectivity index (χ2v) is 10.6. The van der Waals surface area contributed by atoms with Crippen LogP contribution in [0.25, 0.3) is 82.9 Å². The van der Waals surface area contributed by atoms with E-state index in [0.717, 1.165) is 82.9 Å². The van der Waals surface area contributed by atoms with Gasteiger partial charge in [-0.2, -0.15) is 0 Å². The molecule has 0 spiro atoms. The highest BCUT2D eigenvalue weighted by Gasteiger charge is 2.19. The Bertz CT molecular complexity index is 2400. The Labute approximate surface area is 235 Å². The van der Waals surface area contributed by atoms with E-state index in [1.165, 1.54) is 0 Å².